The van der Waals surface area contributed by atoms with Gasteiger partial charge in [0.1, 0.15) is 11.6 Å². The van der Waals surface area contributed by atoms with E-state index in [0.29, 0.717) is 38.7 Å². The fourth-order valence-corrected chi connectivity index (χ4v) is 2.72. The van der Waals surface area contributed by atoms with E-state index in [1.807, 2.05) is 29.8 Å². The van der Waals surface area contributed by atoms with Gasteiger partial charge in [-0.1, -0.05) is 0 Å². The fourth-order valence-electron chi connectivity index (χ4n) is 2.72. The first-order valence-corrected chi connectivity index (χ1v) is 8.92. The van der Waals surface area contributed by atoms with Crippen LogP contribution in [0.3, 0.4) is 0 Å². The molecule has 0 aliphatic rings. The van der Waals surface area contributed by atoms with Crippen molar-refractivity contribution < 1.29 is 18.7 Å². The highest BCUT2D eigenvalue weighted by Crippen LogP contribution is 2.23. The van der Waals surface area contributed by atoms with Crippen molar-refractivity contribution in [2.45, 2.75) is 13.5 Å². The molecule has 0 aliphatic heterocycles. The van der Waals surface area contributed by atoms with Crippen molar-refractivity contribution in [3.05, 3.63) is 48.0 Å². The lowest BCUT2D eigenvalue weighted by atomic mass is 10.2. The minimum Gasteiger partial charge on any atom is -0.379 e. The van der Waals surface area contributed by atoms with E-state index in [1.54, 1.807) is 6.20 Å². The zero-order valence-corrected chi connectivity index (χ0v) is 15.5. The van der Waals surface area contributed by atoms with E-state index in [0.717, 1.165) is 23.2 Å². The average Bonchev–Trinajstić information content (AvgIpc) is 3.08. The number of pyridine rings is 1. The standard InChI is InChI=1S/C19H22FN5O3/c1-2-27-7-8-28-6-5-25-17-4-3-15(9-13(17)11-23-25)24-19-16(18(21)26)10-14(20)12-22-19/h3-4,9-12H,2,5-8H2,1H3,(H2,21,26)(H,22,24). The van der Waals surface area contributed by atoms with Gasteiger partial charge < -0.3 is 20.5 Å². The lowest BCUT2D eigenvalue weighted by Crippen LogP contribution is -2.14. The SMILES string of the molecule is CCOCCOCCn1ncc2cc(Nc3ncc(F)cc3C(N)=O)ccc21. The molecule has 1 aromatic carbocycles. The third-order valence-corrected chi connectivity index (χ3v) is 4.05. The molecule has 1 amide bonds. The van der Waals surface area contributed by atoms with Gasteiger partial charge in [0.2, 0.25) is 0 Å². The summed E-state index contributed by atoms with van der Waals surface area (Å²) < 4.78 is 25.9. The molecule has 0 saturated heterocycles. The lowest BCUT2D eigenvalue weighted by Gasteiger charge is -2.10. The first kappa shape index (κ1) is 19.7. The second-order valence-corrected chi connectivity index (χ2v) is 5.99. The van der Waals surface area contributed by atoms with Gasteiger partial charge in [-0.25, -0.2) is 9.37 Å². The number of amides is 1. The predicted molar refractivity (Wildman–Crippen MR) is 103 cm³/mol. The summed E-state index contributed by atoms with van der Waals surface area (Å²) in [6.07, 6.45) is 2.77. The molecule has 0 unspecified atom stereocenters. The first-order valence-electron chi connectivity index (χ1n) is 8.92. The highest BCUT2D eigenvalue weighted by molar-refractivity contribution is 5.98. The average molecular weight is 387 g/mol. The number of hydrogen-bond donors (Lipinski definition) is 2. The van der Waals surface area contributed by atoms with E-state index in [4.69, 9.17) is 15.2 Å². The van der Waals surface area contributed by atoms with E-state index < -0.39 is 11.7 Å². The first-order chi connectivity index (χ1) is 13.6. The molecule has 3 rings (SSSR count). The Bertz CT molecular complexity index is 960. The third-order valence-electron chi connectivity index (χ3n) is 4.05. The Balaban J connectivity index is 1.68. The maximum absolute atomic E-state index is 13.3. The van der Waals surface area contributed by atoms with Crippen molar-refractivity contribution in [1.82, 2.24) is 14.8 Å². The van der Waals surface area contributed by atoms with E-state index in [2.05, 4.69) is 15.4 Å². The molecule has 0 aliphatic carbocycles. The van der Waals surface area contributed by atoms with Crippen molar-refractivity contribution in [3.63, 3.8) is 0 Å². The zero-order chi connectivity index (χ0) is 19.9. The summed E-state index contributed by atoms with van der Waals surface area (Å²) in [7, 11) is 0. The maximum atomic E-state index is 13.3. The monoisotopic (exact) mass is 387 g/mol. The van der Waals surface area contributed by atoms with Crippen molar-refractivity contribution >= 4 is 28.3 Å². The Kier molecular flexibility index (Phi) is 6.51. The van der Waals surface area contributed by atoms with Gasteiger partial charge in [0.15, 0.2) is 0 Å². The quantitative estimate of drug-likeness (QED) is 0.518. The number of fused-ring (bicyclic) bond motifs is 1. The van der Waals surface area contributed by atoms with E-state index in [9.17, 15) is 9.18 Å². The number of carbonyl (C=O) groups is 1. The molecular weight excluding hydrogens is 365 g/mol. The van der Waals surface area contributed by atoms with Crippen molar-refractivity contribution in [3.8, 4) is 0 Å². The van der Waals surface area contributed by atoms with Gasteiger partial charge in [0.25, 0.3) is 5.91 Å². The fraction of sp³-hybridized carbons (Fsp3) is 0.316. The minimum atomic E-state index is -0.757. The van der Waals surface area contributed by atoms with Crippen LogP contribution < -0.4 is 11.1 Å². The number of halogens is 1. The Morgan fingerprint density at radius 3 is 2.82 bits per heavy atom. The number of carbonyl (C=O) groups excluding carboxylic acids is 1. The van der Waals surface area contributed by atoms with Crippen LogP contribution in [-0.2, 0) is 16.0 Å². The lowest BCUT2D eigenvalue weighted by molar-refractivity contribution is 0.0491. The van der Waals surface area contributed by atoms with Crippen LogP contribution in [-0.4, -0.2) is 47.1 Å². The zero-order valence-electron chi connectivity index (χ0n) is 15.5. The molecule has 0 radical (unpaired) electrons. The molecule has 2 aromatic heterocycles. The number of ether oxygens (including phenoxy) is 2. The summed E-state index contributed by atoms with van der Waals surface area (Å²) in [4.78, 5) is 15.4. The van der Waals surface area contributed by atoms with Crippen LogP contribution in [0.1, 0.15) is 17.3 Å². The molecule has 28 heavy (non-hydrogen) atoms. The second kappa shape index (κ2) is 9.25. The molecule has 0 spiro atoms. The summed E-state index contributed by atoms with van der Waals surface area (Å²) in [6.45, 7) is 4.90. The summed E-state index contributed by atoms with van der Waals surface area (Å²) >= 11 is 0. The number of aromatic nitrogens is 3. The van der Waals surface area contributed by atoms with E-state index in [-0.39, 0.29) is 11.4 Å². The van der Waals surface area contributed by atoms with E-state index >= 15 is 0 Å². The summed E-state index contributed by atoms with van der Waals surface area (Å²) in [5, 5.41) is 8.28. The number of nitrogens with two attached hydrogens (primary N) is 1. The Labute approximate surface area is 161 Å². The second-order valence-electron chi connectivity index (χ2n) is 5.99. The normalized spacial score (nSPS) is 11.1. The molecule has 0 fully saturated rings. The molecule has 148 valence electrons. The van der Waals surface area contributed by atoms with Gasteiger partial charge in [-0.3, -0.25) is 9.48 Å². The number of primary amides is 1. The summed E-state index contributed by atoms with van der Waals surface area (Å²) in [5.41, 5.74) is 6.91. The van der Waals surface area contributed by atoms with E-state index in [1.165, 1.54) is 0 Å². The smallest absolute Gasteiger partial charge is 0.252 e. The van der Waals surface area contributed by atoms with Crippen LogP contribution in [0.2, 0.25) is 0 Å². The van der Waals surface area contributed by atoms with Gasteiger partial charge in [-0.05, 0) is 31.2 Å². The maximum Gasteiger partial charge on any atom is 0.252 e. The van der Waals surface area contributed by atoms with Crippen LogP contribution in [0.5, 0.6) is 0 Å². The van der Waals surface area contributed by atoms with Gasteiger partial charge in [-0.2, -0.15) is 5.10 Å². The van der Waals surface area contributed by atoms with Crippen LogP contribution >= 0.6 is 0 Å². The number of anilines is 2. The van der Waals surface area contributed by atoms with Gasteiger partial charge in [0, 0.05) is 17.7 Å². The molecule has 3 N–H and O–H groups in total. The number of benzene rings is 1. The van der Waals surface area contributed by atoms with Crippen LogP contribution in [0.25, 0.3) is 10.9 Å². The molecule has 9 heteroatoms. The van der Waals surface area contributed by atoms with Crippen molar-refractivity contribution in [2.24, 2.45) is 5.73 Å². The molecule has 0 bridgehead atoms. The van der Waals surface area contributed by atoms with Gasteiger partial charge >= 0.3 is 0 Å². The van der Waals surface area contributed by atoms with Gasteiger partial charge in [0.05, 0.1) is 49.8 Å². The topological polar surface area (TPSA) is 104 Å². The highest BCUT2D eigenvalue weighted by atomic mass is 19.1. The Hall–Kier alpha value is -3.04. The van der Waals surface area contributed by atoms with Gasteiger partial charge in [-0.15, -0.1) is 0 Å². The Morgan fingerprint density at radius 2 is 2.04 bits per heavy atom. The third kappa shape index (κ3) is 4.81. The van der Waals surface area contributed by atoms with Crippen molar-refractivity contribution in [2.75, 3.05) is 31.7 Å². The largest absolute Gasteiger partial charge is 0.379 e. The summed E-state index contributed by atoms with van der Waals surface area (Å²) in [5.74, 6) is -1.18. The molecule has 0 saturated carbocycles. The Morgan fingerprint density at radius 1 is 1.21 bits per heavy atom. The van der Waals surface area contributed by atoms with Crippen LogP contribution in [0.4, 0.5) is 15.9 Å². The van der Waals surface area contributed by atoms with Crippen LogP contribution in [0, 0.1) is 5.82 Å². The summed E-state index contributed by atoms with van der Waals surface area (Å²) in [6, 6.07) is 6.65. The number of rotatable bonds is 10. The van der Waals surface area contributed by atoms with Crippen LogP contribution in [0.15, 0.2) is 36.7 Å². The molecule has 2 heterocycles. The number of nitrogens with zero attached hydrogens (tertiary/aromatic N) is 3. The molecule has 8 nitrogen and oxygen atoms in total. The van der Waals surface area contributed by atoms with Crippen molar-refractivity contribution in [1.29, 1.82) is 0 Å². The highest BCUT2D eigenvalue weighted by Gasteiger charge is 2.12. The minimum absolute atomic E-state index is 0.0139. The molecular formula is C19H22FN5O3. The molecule has 0 atom stereocenters. The molecule has 3 aromatic rings. The number of nitrogens with one attached hydrogen (secondary N) is 1. The predicted octanol–water partition coefficient (Wildman–Crippen LogP) is 2.47. The number of hydrogen-bond acceptors (Lipinski definition) is 6.